The summed E-state index contributed by atoms with van der Waals surface area (Å²) in [6.45, 7) is 27.1. The third-order valence-corrected chi connectivity index (χ3v) is 11.3. The van der Waals surface area contributed by atoms with Crippen molar-refractivity contribution in [1.29, 1.82) is 0 Å². The lowest BCUT2D eigenvalue weighted by molar-refractivity contribution is 0.590. The predicted molar refractivity (Wildman–Crippen MR) is 246 cm³/mol. The van der Waals surface area contributed by atoms with Crippen LogP contribution in [0.2, 0.25) is 10.0 Å². The molecule has 0 saturated heterocycles. The van der Waals surface area contributed by atoms with E-state index in [1.165, 1.54) is 22.3 Å². The molecule has 2 nitrogen and oxygen atoms in total. The van der Waals surface area contributed by atoms with Crippen molar-refractivity contribution in [2.45, 2.75) is 105 Å². The molecule has 4 heteroatoms. The highest BCUT2D eigenvalue weighted by Gasteiger charge is 2.24. The summed E-state index contributed by atoms with van der Waals surface area (Å²) < 4.78 is 0. The molecule has 6 aromatic rings. The lowest BCUT2D eigenvalue weighted by Gasteiger charge is -2.32. The van der Waals surface area contributed by atoms with Crippen molar-refractivity contribution in [1.82, 2.24) is 0 Å². The lowest BCUT2D eigenvalue weighted by Crippen LogP contribution is -2.16. The summed E-state index contributed by atoms with van der Waals surface area (Å²) in [5.41, 5.74) is 13.2. The summed E-state index contributed by atoms with van der Waals surface area (Å²) in [6.07, 6.45) is 0. The maximum absolute atomic E-state index is 7.02. The second-order valence-corrected chi connectivity index (χ2v) is 20.0. The molecule has 0 radical (unpaired) electrons. The Hall–Kier alpha value is -4.50. The molecule has 0 bridgehead atoms. The van der Waals surface area contributed by atoms with Crippen LogP contribution in [0.5, 0.6) is 0 Å². The normalized spacial score (nSPS) is 12.5. The molecule has 0 aliphatic rings. The Morgan fingerprint density at radius 2 is 0.571 bits per heavy atom. The molecule has 0 amide bonds. The molecule has 0 heterocycles. The van der Waals surface area contributed by atoms with Gasteiger partial charge < -0.3 is 9.80 Å². The number of nitrogens with zero attached hydrogens (tertiary/aromatic N) is 2. The average molecular weight is 782 g/mol. The molecule has 290 valence electrons. The van der Waals surface area contributed by atoms with Gasteiger partial charge in [0.25, 0.3) is 0 Å². The summed E-state index contributed by atoms with van der Waals surface area (Å²) in [7, 11) is 0. The van der Waals surface area contributed by atoms with Crippen molar-refractivity contribution in [3.63, 3.8) is 0 Å². The number of benzene rings is 6. The van der Waals surface area contributed by atoms with Crippen LogP contribution in [0.1, 0.15) is 105 Å². The Kier molecular flexibility index (Phi) is 11.3. The van der Waals surface area contributed by atoms with Crippen molar-refractivity contribution in [2.24, 2.45) is 0 Å². The van der Waals surface area contributed by atoms with Crippen molar-refractivity contribution in [2.75, 3.05) is 9.80 Å². The molecular weight excluding hydrogens is 723 g/mol. The van der Waals surface area contributed by atoms with Crippen LogP contribution in [0.3, 0.4) is 0 Å². The predicted octanol–water partition coefficient (Wildman–Crippen LogP) is 16.8. The first-order valence-corrected chi connectivity index (χ1v) is 20.5. The fourth-order valence-electron chi connectivity index (χ4n) is 7.11. The van der Waals surface area contributed by atoms with Crippen molar-refractivity contribution >= 4 is 57.3 Å². The topological polar surface area (TPSA) is 6.48 Å². The Bertz CT molecular complexity index is 2000. The van der Waals surface area contributed by atoms with Crippen LogP contribution < -0.4 is 9.80 Å². The second kappa shape index (κ2) is 15.4. The van der Waals surface area contributed by atoms with E-state index in [1.54, 1.807) is 0 Å². The lowest BCUT2D eigenvalue weighted by atomic mass is 9.86. The molecule has 0 saturated carbocycles. The summed E-state index contributed by atoms with van der Waals surface area (Å²) in [4.78, 5) is 4.69. The van der Waals surface area contributed by atoms with Gasteiger partial charge in [-0.1, -0.05) is 161 Å². The minimum absolute atomic E-state index is 0.0250. The highest BCUT2D eigenvalue weighted by Crippen LogP contribution is 2.46. The van der Waals surface area contributed by atoms with E-state index in [2.05, 4.69) is 208 Å². The van der Waals surface area contributed by atoms with Gasteiger partial charge in [-0.3, -0.25) is 0 Å². The molecule has 0 fully saturated rings. The van der Waals surface area contributed by atoms with Crippen LogP contribution >= 0.6 is 23.2 Å². The zero-order valence-electron chi connectivity index (χ0n) is 35.4. The largest absolute Gasteiger partial charge is 0.310 e. The molecule has 0 N–H and O–H groups in total. The zero-order valence-corrected chi connectivity index (χ0v) is 36.9. The third kappa shape index (κ3) is 9.04. The van der Waals surface area contributed by atoms with E-state index in [1.807, 2.05) is 18.2 Å². The minimum atomic E-state index is 0.0250. The molecule has 0 aromatic heterocycles. The van der Waals surface area contributed by atoms with Crippen molar-refractivity contribution < 1.29 is 0 Å². The van der Waals surface area contributed by atoms with Gasteiger partial charge in [-0.15, -0.1) is 0 Å². The first kappa shape index (κ1) is 41.1. The van der Waals surface area contributed by atoms with Gasteiger partial charge in [-0.2, -0.15) is 0 Å². The van der Waals surface area contributed by atoms with Crippen molar-refractivity contribution in [3.8, 4) is 11.1 Å². The number of rotatable bonds is 7. The summed E-state index contributed by atoms with van der Waals surface area (Å²) in [6, 6.07) is 48.4. The van der Waals surface area contributed by atoms with Gasteiger partial charge in [0, 0.05) is 49.7 Å². The third-order valence-electron chi connectivity index (χ3n) is 10.6. The highest BCUT2D eigenvalue weighted by molar-refractivity contribution is 6.39. The Morgan fingerprint density at radius 3 is 0.804 bits per heavy atom. The van der Waals surface area contributed by atoms with Crippen LogP contribution in [0.25, 0.3) is 11.1 Å². The monoisotopic (exact) mass is 780 g/mol. The van der Waals surface area contributed by atoms with Crippen LogP contribution in [-0.2, 0) is 21.7 Å². The van der Waals surface area contributed by atoms with E-state index in [4.69, 9.17) is 23.2 Å². The number of hydrogen-bond acceptors (Lipinski definition) is 2. The first-order valence-electron chi connectivity index (χ1n) is 19.7. The molecule has 6 rings (SSSR count). The Labute approximate surface area is 347 Å². The molecule has 0 spiro atoms. The van der Waals surface area contributed by atoms with Gasteiger partial charge in [0.05, 0.1) is 0 Å². The molecule has 56 heavy (non-hydrogen) atoms. The molecule has 0 aliphatic carbocycles. The van der Waals surface area contributed by atoms with E-state index < -0.39 is 0 Å². The van der Waals surface area contributed by atoms with Crippen LogP contribution in [-0.4, -0.2) is 0 Å². The molecule has 0 unspecified atom stereocenters. The molecule has 0 atom stereocenters. The average Bonchev–Trinajstić information content (AvgIpc) is 3.11. The van der Waals surface area contributed by atoms with Crippen LogP contribution in [0.4, 0.5) is 34.1 Å². The number of anilines is 6. The van der Waals surface area contributed by atoms with Gasteiger partial charge >= 0.3 is 0 Å². The standard InChI is InChI=1S/C52H58Cl2N2/c1-49(2,3)36-16-24-40(25-17-36)55(41-26-18-37(19-27-41)50(4,5)6)44-32-35(48-46(53)14-13-15-47(48)54)33-45(34-44)56(42-28-20-38(21-29-42)51(7,8)9)43-30-22-39(23-31-43)52(10,11)12/h13-34H,1-12H3. The van der Waals surface area contributed by atoms with Crippen LogP contribution in [0.15, 0.2) is 133 Å². The summed E-state index contributed by atoms with van der Waals surface area (Å²) in [5, 5.41) is 1.21. The number of halogens is 2. The van der Waals surface area contributed by atoms with E-state index >= 15 is 0 Å². The van der Waals surface area contributed by atoms with E-state index in [9.17, 15) is 0 Å². The Balaban J connectivity index is 1.66. The van der Waals surface area contributed by atoms with Crippen LogP contribution in [0, 0.1) is 0 Å². The summed E-state index contributed by atoms with van der Waals surface area (Å²) >= 11 is 14.0. The minimum Gasteiger partial charge on any atom is -0.310 e. The maximum Gasteiger partial charge on any atom is 0.0499 e. The van der Waals surface area contributed by atoms with Gasteiger partial charge in [0.1, 0.15) is 0 Å². The maximum atomic E-state index is 7.02. The SMILES string of the molecule is CC(C)(C)c1ccc(N(c2ccc(C(C)(C)C)cc2)c2cc(-c3c(Cl)cccc3Cl)cc(N(c3ccc(C(C)(C)C)cc3)c3ccc(C(C)(C)C)cc3)c2)cc1. The van der Waals surface area contributed by atoms with Crippen molar-refractivity contribution in [3.05, 3.63) is 166 Å². The van der Waals surface area contributed by atoms with E-state index in [-0.39, 0.29) is 21.7 Å². The fraction of sp³-hybridized carbons (Fsp3) is 0.308. The molecule has 6 aromatic carbocycles. The van der Waals surface area contributed by atoms with Gasteiger partial charge in [0.15, 0.2) is 0 Å². The quantitative estimate of drug-likeness (QED) is 0.159. The van der Waals surface area contributed by atoms with E-state index in [0.29, 0.717) is 10.0 Å². The fourth-order valence-corrected chi connectivity index (χ4v) is 7.72. The van der Waals surface area contributed by atoms with Gasteiger partial charge in [0.2, 0.25) is 0 Å². The number of hydrogen-bond donors (Lipinski definition) is 0. The summed E-state index contributed by atoms with van der Waals surface area (Å²) in [5.74, 6) is 0. The van der Waals surface area contributed by atoms with E-state index in [0.717, 1.165) is 45.3 Å². The molecular formula is C52H58Cl2N2. The smallest absolute Gasteiger partial charge is 0.0499 e. The van der Waals surface area contributed by atoms with Gasteiger partial charge in [-0.25, -0.2) is 0 Å². The highest BCUT2D eigenvalue weighted by atomic mass is 35.5. The first-order chi connectivity index (χ1) is 26.1. The Morgan fingerprint density at radius 1 is 0.321 bits per heavy atom. The second-order valence-electron chi connectivity index (χ2n) is 19.2. The van der Waals surface area contributed by atoms with Gasteiger partial charge in [-0.05, 0) is 128 Å². The molecule has 0 aliphatic heterocycles. The zero-order chi connectivity index (χ0) is 40.8.